The fourth-order valence-electron chi connectivity index (χ4n) is 3.86. The van der Waals surface area contributed by atoms with Gasteiger partial charge in [0.25, 0.3) is 0 Å². The minimum atomic E-state index is -3.90. The maximum absolute atomic E-state index is 14.5. The zero-order valence-electron chi connectivity index (χ0n) is 20.5. The smallest absolute Gasteiger partial charge is 0.404 e. The fourth-order valence-corrected chi connectivity index (χ4v) is 5.32. The molecule has 1 aromatic heterocycles. The van der Waals surface area contributed by atoms with Crippen LogP contribution in [0.15, 0.2) is 35.5 Å². The number of rotatable bonds is 9. The molecule has 198 valence electrons. The zero-order valence-corrected chi connectivity index (χ0v) is 21.3. The van der Waals surface area contributed by atoms with Crippen LogP contribution in [0.25, 0.3) is 0 Å². The minimum absolute atomic E-state index is 0.0764. The number of aliphatic hydroxyl groups excluding tert-OH is 1. The lowest BCUT2D eigenvalue weighted by Crippen LogP contribution is -2.39. The first-order valence-corrected chi connectivity index (χ1v) is 13.6. The molecular weight excluding hydrogens is 489 g/mol. The van der Waals surface area contributed by atoms with E-state index in [0.717, 1.165) is 30.9 Å². The van der Waals surface area contributed by atoms with E-state index in [9.17, 15) is 22.7 Å². The van der Waals surface area contributed by atoms with Gasteiger partial charge in [0.2, 0.25) is 16.0 Å². The number of hydrogen-bond donors (Lipinski definition) is 5. The lowest BCUT2D eigenvalue weighted by molar-refractivity contribution is 0.190. The normalized spacial score (nSPS) is 17.6. The SMILES string of the molecule is CCC(C)NC(=O)O.O=S(=O)(NC1(CO)CC1)c1ccc(Nc2ncc(C3CCCC3)cn2)c(F)c1. The van der Waals surface area contributed by atoms with Crippen molar-refractivity contribution in [3.63, 3.8) is 0 Å². The van der Waals surface area contributed by atoms with Crippen LogP contribution in [-0.2, 0) is 10.0 Å². The number of anilines is 2. The van der Waals surface area contributed by atoms with Crippen molar-refractivity contribution in [1.82, 2.24) is 20.0 Å². The van der Waals surface area contributed by atoms with Crippen LogP contribution < -0.4 is 15.4 Å². The second-order valence-corrected chi connectivity index (χ2v) is 11.1. The summed E-state index contributed by atoms with van der Waals surface area (Å²) < 4.78 is 41.7. The van der Waals surface area contributed by atoms with E-state index in [1.165, 1.54) is 25.0 Å². The monoisotopic (exact) mass is 523 g/mol. The number of benzene rings is 1. The van der Waals surface area contributed by atoms with Crippen molar-refractivity contribution in [3.8, 4) is 0 Å². The molecule has 0 radical (unpaired) electrons. The molecule has 1 unspecified atom stereocenters. The highest BCUT2D eigenvalue weighted by molar-refractivity contribution is 7.89. The molecule has 2 aliphatic rings. The maximum atomic E-state index is 14.5. The first-order valence-electron chi connectivity index (χ1n) is 12.1. The molecule has 4 rings (SSSR count). The van der Waals surface area contributed by atoms with Crippen LogP contribution in [0.3, 0.4) is 0 Å². The number of aliphatic hydroxyl groups is 1. The van der Waals surface area contributed by atoms with E-state index in [2.05, 4.69) is 25.3 Å². The molecule has 0 spiro atoms. The second-order valence-electron chi connectivity index (χ2n) is 9.39. The minimum Gasteiger partial charge on any atom is -0.465 e. The molecule has 1 atom stereocenters. The summed E-state index contributed by atoms with van der Waals surface area (Å²) in [6.07, 6.45) is 9.28. The van der Waals surface area contributed by atoms with Crippen LogP contribution in [0.4, 0.5) is 20.8 Å². The van der Waals surface area contributed by atoms with Crippen molar-refractivity contribution < 1.29 is 27.8 Å². The largest absolute Gasteiger partial charge is 0.465 e. The molecule has 0 saturated heterocycles. The highest BCUT2D eigenvalue weighted by atomic mass is 32.2. The quantitative estimate of drug-likeness (QED) is 0.332. The molecule has 1 amide bonds. The molecule has 2 fully saturated rings. The summed E-state index contributed by atoms with van der Waals surface area (Å²) in [5.74, 6) is 0.0308. The zero-order chi connectivity index (χ0) is 26.3. The average Bonchev–Trinajstić information content (AvgIpc) is 3.38. The molecule has 36 heavy (non-hydrogen) atoms. The number of carboxylic acid groups (broad SMARTS) is 1. The Morgan fingerprint density at radius 3 is 2.33 bits per heavy atom. The summed E-state index contributed by atoms with van der Waals surface area (Å²) >= 11 is 0. The molecule has 10 nitrogen and oxygen atoms in total. The molecule has 2 saturated carbocycles. The first kappa shape index (κ1) is 27.8. The van der Waals surface area contributed by atoms with Gasteiger partial charge < -0.3 is 20.8 Å². The van der Waals surface area contributed by atoms with Crippen LogP contribution >= 0.6 is 0 Å². The third-order valence-corrected chi connectivity index (χ3v) is 8.06. The van der Waals surface area contributed by atoms with E-state index in [-0.39, 0.29) is 29.2 Å². The third kappa shape index (κ3) is 7.58. The molecule has 2 aliphatic carbocycles. The van der Waals surface area contributed by atoms with Gasteiger partial charge in [-0.25, -0.2) is 32.3 Å². The highest BCUT2D eigenvalue weighted by Crippen LogP contribution is 2.36. The van der Waals surface area contributed by atoms with Gasteiger partial charge in [0.15, 0.2) is 0 Å². The fraction of sp³-hybridized carbons (Fsp3) is 0.542. The maximum Gasteiger partial charge on any atom is 0.404 e. The van der Waals surface area contributed by atoms with E-state index in [4.69, 9.17) is 5.11 Å². The number of nitrogens with one attached hydrogen (secondary N) is 3. The van der Waals surface area contributed by atoms with Crippen molar-refractivity contribution >= 4 is 27.8 Å². The highest BCUT2D eigenvalue weighted by Gasteiger charge is 2.45. The lowest BCUT2D eigenvalue weighted by Gasteiger charge is -2.15. The molecule has 5 N–H and O–H groups in total. The number of amides is 1. The van der Waals surface area contributed by atoms with E-state index < -0.39 is 27.5 Å². The lowest BCUT2D eigenvalue weighted by atomic mass is 10.0. The molecule has 2 aromatic rings. The number of halogens is 1. The molecular formula is C24H34FN5O5S. The van der Waals surface area contributed by atoms with Crippen LogP contribution in [0.2, 0.25) is 0 Å². The Morgan fingerprint density at radius 1 is 1.22 bits per heavy atom. The van der Waals surface area contributed by atoms with Crippen LogP contribution in [-0.4, -0.2) is 52.9 Å². The van der Waals surface area contributed by atoms with E-state index in [1.807, 2.05) is 13.8 Å². The van der Waals surface area contributed by atoms with Gasteiger partial charge in [0, 0.05) is 18.4 Å². The van der Waals surface area contributed by atoms with Gasteiger partial charge in [-0.2, -0.15) is 0 Å². The molecule has 1 heterocycles. The molecule has 0 aliphatic heterocycles. The van der Waals surface area contributed by atoms with Crippen molar-refractivity contribution in [2.75, 3.05) is 11.9 Å². The molecule has 0 bridgehead atoms. The summed E-state index contributed by atoms with van der Waals surface area (Å²) in [6, 6.07) is 3.68. The predicted molar refractivity (Wildman–Crippen MR) is 133 cm³/mol. The third-order valence-electron chi connectivity index (χ3n) is 6.49. The van der Waals surface area contributed by atoms with Gasteiger partial charge in [-0.1, -0.05) is 19.8 Å². The van der Waals surface area contributed by atoms with Crippen LogP contribution in [0.1, 0.15) is 70.3 Å². The Kier molecular flexibility index (Phi) is 9.20. The van der Waals surface area contributed by atoms with Gasteiger partial charge in [0.1, 0.15) is 5.82 Å². The Hall–Kier alpha value is -2.83. The standard InChI is InChI=1S/C19H23FN4O3S.C5H11NO2/c20-16-9-15(28(26,27)24-19(12-25)7-8-19)5-6-17(16)23-18-21-10-14(11-22-18)13-3-1-2-4-13;1-3-4(2)6-5(7)8/h5-6,9-11,13,24-25H,1-4,7-8,12H2,(H,21,22,23);4,6H,3H2,1-2H3,(H,7,8). The Balaban J connectivity index is 0.000000392. The Morgan fingerprint density at radius 2 is 1.86 bits per heavy atom. The summed E-state index contributed by atoms with van der Waals surface area (Å²) in [4.78, 5) is 18.2. The van der Waals surface area contributed by atoms with Gasteiger partial charge in [-0.05, 0) is 68.7 Å². The van der Waals surface area contributed by atoms with Gasteiger partial charge in [-0.15, -0.1) is 0 Å². The van der Waals surface area contributed by atoms with Gasteiger partial charge >= 0.3 is 6.09 Å². The van der Waals surface area contributed by atoms with E-state index in [0.29, 0.717) is 18.8 Å². The summed E-state index contributed by atoms with van der Waals surface area (Å²) in [5, 5.41) is 22.5. The van der Waals surface area contributed by atoms with Crippen LogP contribution in [0.5, 0.6) is 0 Å². The molecule has 12 heteroatoms. The average molecular weight is 524 g/mol. The topological polar surface area (TPSA) is 154 Å². The number of aromatic nitrogens is 2. The van der Waals surface area contributed by atoms with Gasteiger partial charge in [-0.3, -0.25) is 0 Å². The Bertz CT molecular complexity index is 1140. The Labute approximate surface area is 210 Å². The number of sulfonamides is 1. The predicted octanol–water partition coefficient (Wildman–Crippen LogP) is 3.87. The van der Waals surface area contributed by atoms with Crippen molar-refractivity contribution in [1.29, 1.82) is 0 Å². The van der Waals surface area contributed by atoms with Crippen molar-refractivity contribution in [2.24, 2.45) is 0 Å². The summed E-state index contributed by atoms with van der Waals surface area (Å²) in [6.45, 7) is 3.48. The number of hydrogen-bond acceptors (Lipinski definition) is 7. The molecule has 1 aromatic carbocycles. The van der Waals surface area contributed by atoms with Crippen molar-refractivity contribution in [2.45, 2.75) is 81.2 Å². The van der Waals surface area contributed by atoms with Crippen LogP contribution in [0, 0.1) is 5.82 Å². The first-order chi connectivity index (χ1) is 17.1. The van der Waals surface area contributed by atoms with E-state index >= 15 is 0 Å². The number of carbonyl (C=O) groups is 1. The number of nitrogens with zero attached hydrogens (tertiary/aromatic N) is 2. The summed E-state index contributed by atoms with van der Waals surface area (Å²) in [5.41, 5.74) is 0.381. The second kappa shape index (κ2) is 11.9. The van der Waals surface area contributed by atoms with Crippen molar-refractivity contribution in [3.05, 3.63) is 42.0 Å². The van der Waals surface area contributed by atoms with Gasteiger partial charge in [0.05, 0.1) is 22.7 Å². The summed E-state index contributed by atoms with van der Waals surface area (Å²) in [7, 11) is -3.90. The van der Waals surface area contributed by atoms with E-state index in [1.54, 1.807) is 12.4 Å².